The fraction of sp³-hybridized carbons (Fsp3) is 0.857. The van der Waals surface area contributed by atoms with Crippen molar-refractivity contribution in [3.05, 3.63) is 0 Å². The Labute approximate surface area is 76.1 Å². The molecule has 0 rings (SSSR count). The zero-order valence-electron chi connectivity index (χ0n) is 7.28. The number of carbonyl (C=O) groups is 1. The zero-order chi connectivity index (χ0) is 9.78. The first kappa shape index (κ1) is 11.7. The number of nitrogens with two attached hydrogens (primary N) is 1. The molecule has 0 aliphatic rings. The maximum Gasteiger partial charge on any atom is 0.324 e. The lowest BCUT2D eigenvalue weighted by Gasteiger charge is -2.20. The average Bonchev–Trinajstić information content (AvgIpc) is 2.00. The summed E-state index contributed by atoms with van der Waals surface area (Å²) in [6.45, 7) is 3.33. The maximum absolute atomic E-state index is 10.5. The minimum absolute atomic E-state index is 0.0345. The van der Waals surface area contributed by atoms with Crippen molar-refractivity contribution < 1.29 is 15.0 Å². The molecule has 0 aliphatic carbocycles. The van der Waals surface area contributed by atoms with Crippen LogP contribution in [0.25, 0.3) is 0 Å². The maximum atomic E-state index is 10.5. The number of aliphatic carboxylic acids is 1. The minimum atomic E-state index is -1.20. The summed E-state index contributed by atoms with van der Waals surface area (Å²) < 4.78 is 0. The van der Waals surface area contributed by atoms with Gasteiger partial charge in [-0.25, -0.2) is 0 Å². The molecule has 12 heavy (non-hydrogen) atoms. The Kier molecular flexibility index (Phi) is 4.59. The normalized spacial score (nSPS) is 18.3. The molecule has 0 saturated heterocycles. The second-order valence-electron chi connectivity index (χ2n) is 3.03. The molecule has 0 aromatic carbocycles. The third-order valence-electron chi connectivity index (χ3n) is 1.41. The first-order valence-corrected chi connectivity index (χ1v) is 4.69. The molecule has 0 aliphatic heterocycles. The van der Waals surface area contributed by atoms with Crippen LogP contribution in [0.2, 0.25) is 0 Å². The third kappa shape index (κ3) is 3.94. The van der Waals surface area contributed by atoms with E-state index in [1.54, 1.807) is 0 Å². The first-order valence-electron chi connectivity index (χ1n) is 3.65. The van der Waals surface area contributed by atoms with Crippen molar-refractivity contribution in [3.8, 4) is 0 Å². The van der Waals surface area contributed by atoms with Gasteiger partial charge in [-0.3, -0.25) is 4.79 Å². The quantitative estimate of drug-likeness (QED) is 0.568. The summed E-state index contributed by atoms with van der Waals surface area (Å²) in [5, 5.41) is 17.3. The fourth-order valence-corrected chi connectivity index (χ4v) is 1.29. The van der Waals surface area contributed by atoms with E-state index in [9.17, 15) is 4.79 Å². The van der Waals surface area contributed by atoms with Crippen LogP contribution in [0.5, 0.6) is 0 Å². The van der Waals surface area contributed by atoms with Gasteiger partial charge in [0.25, 0.3) is 0 Å². The molecule has 0 aromatic heterocycles. The highest BCUT2D eigenvalue weighted by atomic mass is 32.2. The van der Waals surface area contributed by atoms with E-state index in [4.69, 9.17) is 15.9 Å². The van der Waals surface area contributed by atoms with Crippen molar-refractivity contribution in [2.24, 2.45) is 5.73 Å². The molecule has 72 valence electrons. The summed E-state index contributed by atoms with van der Waals surface area (Å²) in [4.78, 5) is 10.5. The second-order valence-corrected chi connectivity index (χ2v) is 4.45. The summed E-state index contributed by atoms with van der Waals surface area (Å²) in [6.07, 6.45) is 0. The van der Waals surface area contributed by atoms with Gasteiger partial charge in [0, 0.05) is 11.0 Å². The lowest BCUT2D eigenvalue weighted by atomic mass is 10.1. The van der Waals surface area contributed by atoms with Crippen molar-refractivity contribution in [1.29, 1.82) is 0 Å². The average molecular weight is 193 g/mol. The van der Waals surface area contributed by atoms with Crippen LogP contribution in [0.3, 0.4) is 0 Å². The van der Waals surface area contributed by atoms with Crippen LogP contribution in [0.4, 0.5) is 0 Å². The molecule has 0 bridgehead atoms. The monoisotopic (exact) mass is 193 g/mol. The first-order chi connectivity index (χ1) is 5.40. The van der Waals surface area contributed by atoms with Gasteiger partial charge >= 0.3 is 5.97 Å². The fourth-order valence-electron chi connectivity index (χ4n) is 0.430. The standard InChI is InChI=1S/C7H15NO3S/c1-5(3-9)12-4-7(2,8)6(10)11/h5,9H,3-4,8H2,1-2H3,(H,10,11). The highest BCUT2D eigenvalue weighted by Gasteiger charge is 2.28. The Hall–Kier alpha value is -0.260. The topological polar surface area (TPSA) is 83.5 Å². The predicted octanol–water partition coefficient (Wildman–Crippen LogP) is -0.0976. The molecule has 0 aromatic rings. The molecule has 0 amide bonds. The highest BCUT2D eigenvalue weighted by Crippen LogP contribution is 2.15. The van der Waals surface area contributed by atoms with Crippen molar-refractivity contribution in [2.45, 2.75) is 24.6 Å². The number of carboxylic acid groups (broad SMARTS) is 1. The highest BCUT2D eigenvalue weighted by molar-refractivity contribution is 8.00. The van der Waals surface area contributed by atoms with Crippen LogP contribution < -0.4 is 5.73 Å². The molecule has 5 heteroatoms. The van der Waals surface area contributed by atoms with Crippen LogP contribution >= 0.6 is 11.8 Å². The number of rotatable bonds is 5. The number of thioether (sulfide) groups is 1. The summed E-state index contributed by atoms with van der Waals surface area (Å²) in [5.41, 5.74) is 4.26. The summed E-state index contributed by atoms with van der Waals surface area (Å²) in [7, 11) is 0. The molecule has 2 atom stereocenters. The molecule has 0 saturated carbocycles. The molecule has 2 unspecified atom stereocenters. The van der Waals surface area contributed by atoms with E-state index < -0.39 is 11.5 Å². The molecular weight excluding hydrogens is 178 g/mol. The van der Waals surface area contributed by atoms with E-state index in [1.165, 1.54) is 18.7 Å². The van der Waals surface area contributed by atoms with Crippen LogP contribution in [-0.4, -0.2) is 39.3 Å². The van der Waals surface area contributed by atoms with Crippen molar-refractivity contribution in [1.82, 2.24) is 0 Å². The van der Waals surface area contributed by atoms with Crippen LogP contribution in [-0.2, 0) is 4.79 Å². The lowest BCUT2D eigenvalue weighted by molar-refractivity contribution is -0.141. The van der Waals surface area contributed by atoms with Gasteiger partial charge in [-0.2, -0.15) is 11.8 Å². The number of carboxylic acids is 1. The smallest absolute Gasteiger partial charge is 0.324 e. The minimum Gasteiger partial charge on any atom is -0.480 e. The van der Waals surface area contributed by atoms with E-state index in [0.29, 0.717) is 5.75 Å². The lowest BCUT2D eigenvalue weighted by Crippen LogP contribution is -2.47. The van der Waals surface area contributed by atoms with Crippen LogP contribution in [0.1, 0.15) is 13.8 Å². The molecule has 4 N–H and O–H groups in total. The molecule has 0 heterocycles. The van der Waals surface area contributed by atoms with Crippen LogP contribution in [0, 0.1) is 0 Å². The van der Waals surface area contributed by atoms with E-state index >= 15 is 0 Å². The molecule has 4 nitrogen and oxygen atoms in total. The SMILES string of the molecule is CC(CO)SCC(C)(N)C(=O)O. The van der Waals surface area contributed by atoms with Crippen molar-refractivity contribution in [2.75, 3.05) is 12.4 Å². The summed E-state index contributed by atoms with van der Waals surface area (Å²) in [5.74, 6) is -0.704. The molecule has 0 spiro atoms. The number of hydrogen-bond donors (Lipinski definition) is 3. The van der Waals surface area contributed by atoms with Crippen molar-refractivity contribution in [3.63, 3.8) is 0 Å². The van der Waals surface area contributed by atoms with E-state index in [0.717, 1.165) is 0 Å². The van der Waals surface area contributed by atoms with Gasteiger partial charge in [-0.15, -0.1) is 0 Å². The largest absolute Gasteiger partial charge is 0.480 e. The molecule has 0 radical (unpaired) electrons. The van der Waals surface area contributed by atoms with Gasteiger partial charge in [-0.1, -0.05) is 6.92 Å². The van der Waals surface area contributed by atoms with Gasteiger partial charge in [0.2, 0.25) is 0 Å². The Morgan fingerprint density at radius 1 is 1.75 bits per heavy atom. The van der Waals surface area contributed by atoms with Gasteiger partial charge in [0.05, 0.1) is 6.61 Å². The second kappa shape index (κ2) is 4.69. The predicted molar refractivity (Wildman–Crippen MR) is 49.2 cm³/mol. The van der Waals surface area contributed by atoms with Crippen LogP contribution in [0.15, 0.2) is 0 Å². The Balaban J connectivity index is 3.83. The summed E-state index contributed by atoms with van der Waals surface area (Å²) >= 11 is 1.36. The van der Waals surface area contributed by atoms with Gasteiger partial charge in [0.1, 0.15) is 5.54 Å². The number of hydrogen-bond acceptors (Lipinski definition) is 4. The number of aliphatic hydroxyl groups excluding tert-OH is 1. The van der Waals surface area contributed by atoms with Crippen molar-refractivity contribution >= 4 is 17.7 Å². The Morgan fingerprint density at radius 3 is 2.58 bits per heavy atom. The van der Waals surface area contributed by atoms with E-state index in [2.05, 4.69) is 0 Å². The van der Waals surface area contributed by atoms with E-state index in [-0.39, 0.29) is 11.9 Å². The Bertz CT molecular complexity index is 161. The van der Waals surface area contributed by atoms with E-state index in [1.807, 2.05) is 6.92 Å². The van der Waals surface area contributed by atoms with Gasteiger partial charge in [-0.05, 0) is 6.92 Å². The summed E-state index contributed by atoms with van der Waals surface area (Å²) in [6, 6.07) is 0. The Morgan fingerprint density at radius 2 is 2.25 bits per heavy atom. The van der Waals surface area contributed by atoms with Gasteiger partial charge < -0.3 is 15.9 Å². The molecule has 0 fully saturated rings. The third-order valence-corrected chi connectivity index (χ3v) is 2.90. The number of aliphatic hydroxyl groups is 1. The zero-order valence-corrected chi connectivity index (χ0v) is 8.10. The van der Waals surface area contributed by atoms with Gasteiger partial charge in [0.15, 0.2) is 0 Å². The molecular formula is C7H15NO3S.